The molecule has 0 atom stereocenters. The Labute approximate surface area is 165 Å². The van der Waals surface area contributed by atoms with Crippen LogP contribution < -0.4 is 0 Å². The monoisotopic (exact) mass is 392 g/mol. The molecule has 5 nitrogen and oxygen atoms in total. The van der Waals surface area contributed by atoms with Gasteiger partial charge in [0.2, 0.25) is 0 Å². The van der Waals surface area contributed by atoms with Gasteiger partial charge in [-0.1, -0.05) is 48.2 Å². The molecule has 27 heavy (non-hydrogen) atoms. The molecule has 134 valence electrons. The van der Waals surface area contributed by atoms with Crippen LogP contribution in [0.3, 0.4) is 0 Å². The number of hydrogen-bond donors (Lipinski definition) is 0. The summed E-state index contributed by atoms with van der Waals surface area (Å²) in [4.78, 5) is 17.3. The SMILES string of the molecule is O=C(CSc1nnc(-c2cccnc2)n1Cc1ccccc1)c1cccs1. The van der Waals surface area contributed by atoms with Gasteiger partial charge < -0.3 is 0 Å². The number of carbonyl (C=O) groups is 1. The maximum atomic E-state index is 12.3. The van der Waals surface area contributed by atoms with Crippen molar-refractivity contribution in [1.29, 1.82) is 0 Å². The molecule has 7 heteroatoms. The summed E-state index contributed by atoms with van der Waals surface area (Å²) < 4.78 is 2.04. The fourth-order valence-electron chi connectivity index (χ4n) is 2.65. The van der Waals surface area contributed by atoms with Crippen LogP contribution in [0.25, 0.3) is 11.4 Å². The molecule has 0 saturated heterocycles. The highest BCUT2D eigenvalue weighted by Gasteiger charge is 2.17. The minimum Gasteiger partial charge on any atom is -0.297 e. The van der Waals surface area contributed by atoms with Crippen molar-refractivity contribution in [3.05, 3.63) is 82.8 Å². The van der Waals surface area contributed by atoms with Crippen molar-refractivity contribution in [2.24, 2.45) is 0 Å². The Balaban J connectivity index is 1.62. The average Bonchev–Trinajstić information content (AvgIpc) is 3.38. The molecular formula is C20H16N4OS2. The fourth-order valence-corrected chi connectivity index (χ4v) is 4.23. The second kappa shape index (κ2) is 8.28. The summed E-state index contributed by atoms with van der Waals surface area (Å²) in [7, 11) is 0. The van der Waals surface area contributed by atoms with Crippen LogP contribution in [0.1, 0.15) is 15.2 Å². The van der Waals surface area contributed by atoms with Gasteiger partial charge in [-0.3, -0.25) is 14.3 Å². The zero-order valence-corrected chi connectivity index (χ0v) is 16.0. The molecule has 0 amide bonds. The van der Waals surface area contributed by atoms with Crippen LogP contribution in [0.4, 0.5) is 0 Å². The largest absolute Gasteiger partial charge is 0.297 e. The predicted octanol–water partition coefficient (Wildman–Crippen LogP) is 4.42. The van der Waals surface area contributed by atoms with E-state index in [0.717, 1.165) is 27.0 Å². The van der Waals surface area contributed by atoms with Gasteiger partial charge in [0.15, 0.2) is 16.8 Å². The van der Waals surface area contributed by atoms with Crippen molar-refractivity contribution in [3.8, 4) is 11.4 Å². The van der Waals surface area contributed by atoms with Crippen molar-refractivity contribution in [1.82, 2.24) is 19.7 Å². The van der Waals surface area contributed by atoms with Crippen molar-refractivity contribution in [3.63, 3.8) is 0 Å². The smallest absolute Gasteiger partial charge is 0.192 e. The van der Waals surface area contributed by atoms with Crippen molar-refractivity contribution in [2.45, 2.75) is 11.7 Å². The van der Waals surface area contributed by atoms with Gasteiger partial charge in [0.25, 0.3) is 0 Å². The molecule has 0 saturated carbocycles. The van der Waals surface area contributed by atoms with E-state index in [4.69, 9.17) is 0 Å². The second-order valence-electron chi connectivity index (χ2n) is 5.81. The molecule has 0 radical (unpaired) electrons. The molecule has 3 heterocycles. The highest BCUT2D eigenvalue weighted by Crippen LogP contribution is 2.25. The first kappa shape index (κ1) is 17.6. The second-order valence-corrected chi connectivity index (χ2v) is 7.70. The van der Waals surface area contributed by atoms with E-state index in [1.165, 1.54) is 23.1 Å². The fraction of sp³-hybridized carbons (Fsp3) is 0.100. The van der Waals surface area contributed by atoms with E-state index in [9.17, 15) is 4.79 Å². The quantitative estimate of drug-likeness (QED) is 0.344. The molecule has 0 spiro atoms. The summed E-state index contributed by atoms with van der Waals surface area (Å²) in [5.41, 5.74) is 2.05. The number of carbonyl (C=O) groups excluding carboxylic acids is 1. The van der Waals surface area contributed by atoms with Crippen LogP contribution in [-0.4, -0.2) is 31.3 Å². The molecule has 0 aliphatic carbocycles. The minimum atomic E-state index is 0.104. The Bertz CT molecular complexity index is 1010. The lowest BCUT2D eigenvalue weighted by atomic mass is 10.2. The van der Waals surface area contributed by atoms with E-state index in [0.29, 0.717) is 12.3 Å². The Morgan fingerprint density at radius 1 is 1.04 bits per heavy atom. The molecule has 4 aromatic rings. The molecule has 0 aliphatic heterocycles. The molecule has 1 aromatic carbocycles. The molecule has 0 fully saturated rings. The van der Waals surface area contributed by atoms with Crippen LogP contribution >= 0.6 is 23.1 Å². The molecule has 0 unspecified atom stereocenters. The van der Waals surface area contributed by atoms with E-state index in [1.54, 1.807) is 12.4 Å². The van der Waals surface area contributed by atoms with Gasteiger partial charge in [-0.2, -0.15) is 0 Å². The molecule has 0 bridgehead atoms. The Hall–Kier alpha value is -2.77. The van der Waals surface area contributed by atoms with Gasteiger partial charge >= 0.3 is 0 Å². The van der Waals surface area contributed by atoms with Crippen LogP contribution in [0.5, 0.6) is 0 Å². The van der Waals surface area contributed by atoms with Crippen molar-refractivity contribution in [2.75, 3.05) is 5.75 Å². The number of thioether (sulfide) groups is 1. The minimum absolute atomic E-state index is 0.104. The molecule has 4 rings (SSSR count). The lowest BCUT2D eigenvalue weighted by Crippen LogP contribution is -2.06. The van der Waals surface area contributed by atoms with E-state index >= 15 is 0 Å². The van der Waals surface area contributed by atoms with E-state index in [2.05, 4.69) is 27.3 Å². The maximum absolute atomic E-state index is 12.3. The van der Waals surface area contributed by atoms with Gasteiger partial charge in [-0.15, -0.1) is 21.5 Å². The molecule has 3 aromatic heterocycles. The van der Waals surface area contributed by atoms with Gasteiger partial charge in [0.05, 0.1) is 17.2 Å². The van der Waals surface area contributed by atoms with E-state index < -0.39 is 0 Å². The number of rotatable bonds is 7. The van der Waals surface area contributed by atoms with E-state index in [-0.39, 0.29) is 5.78 Å². The van der Waals surface area contributed by atoms with Crippen LogP contribution in [0, 0.1) is 0 Å². The number of ketones is 1. The topological polar surface area (TPSA) is 60.7 Å². The summed E-state index contributed by atoms with van der Waals surface area (Å²) in [6.07, 6.45) is 3.51. The third-order valence-corrected chi connectivity index (χ3v) is 5.83. The summed E-state index contributed by atoms with van der Waals surface area (Å²) in [6.45, 7) is 0.633. The predicted molar refractivity (Wildman–Crippen MR) is 108 cm³/mol. The maximum Gasteiger partial charge on any atom is 0.192 e. The summed E-state index contributed by atoms with van der Waals surface area (Å²) in [6, 6.07) is 17.7. The van der Waals surface area contributed by atoms with Crippen molar-refractivity contribution < 1.29 is 4.79 Å². The summed E-state index contributed by atoms with van der Waals surface area (Å²) in [5.74, 6) is 1.19. The number of nitrogens with zero attached hydrogens (tertiary/aromatic N) is 4. The van der Waals surface area contributed by atoms with Crippen LogP contribution in [0.15, 0.2) is 77.5 Å². The first-order chi connectivity index (χ1) is 13.3. The van der Waals surface area contributed by atoms with Gasteiger partial charge in [0.1, 0.15) is 0 Å². The Morgan fingerprint density at radius 2 is 1.93 bits per heavy atom. The average molecular weight is 393 g/mol. The number of thiophene rings is 1. The number of aromatic nitrogens is 4. The molecule has 0 N–H and O–H groups in total. The van der Waals surface area contributed by atoms with Crippen LogP contribution in [-0.2, 0) is 6.54 Å². The zero-order valence-electron chi connectivity index (χ0n) is 14.4. The van der Waals surface area contributed by atoms with Crippen LogP contribution in [0.2, 0.25) is 0 Å². The lowest BCUT2D eigenvalue weighted by molar-refractivity contribution is 0.102. The highest BCUT2D eigenvalue weighted by atomic mass is 32.2. The Kier molecular flexibility index (Phi) is 5.41. The van der Waals surface area contributed by atoms with Gasteiger partial charge in [-0.25, -0.2) is 0 Å². The molecule has 0 aliphatic rings. The molecular weight excluding hydrogens is 376 g/mol. The van der Waals surface area contributed by atoms with Gasteiger partial charge in [0, 0.05) is 18.0 Å². The zero-order chi connectivity index (χ0) is 18.5. The third kappa shape index (κ3) is 4.15. The van der Waals surface area contributed by atoms with Gasteiger partial charge in [-0.05, 0) is 29.1 Å². The number of hydrogen-bond acceptors (Lipinski definition) is 6. The number of pyridine rings is 1. The third-order valence-electron chi connectivity index (χ3n) is 3.95. The van der Waals surface area contributed by atoms with Crippen molar-refractivity contribution >= 4 is 28.9 Å². The number of benzene rings is 1. The first-order valence-electron chi connectivity index (χ1n) is 8.38. The normalized spacial score (nSPS) is 10.8. The summed E-state index contributed by atoms with van der Waals surface area (Å²) >= 11 is 2.88. The first-order valence-corrected chi connectivity index (χ1v) is 10.2. The number of Topliss-reactive ketones (excluding diaryl/α,β-unsaturated/α-hetero) is 1. The summed E-state index contributed by atoms with van der Waals surface area (Å²) in [5, 5.41) is 11.3. The standard InChI is InChI=1S/C20H16N4OS2/c25-17(18-9-5-11-26-18)14-27-20-23-22-19(16-8-4-10-21-12-16)24(20)13-15-6-2-1-3-7-15/h1-12H,13-14H2. The lowest BCUT2D eigenvalue weighted by Gasteiger charge is -2.10. The van der Waals surface area contributed by atoms with E-state index in [1.807, 2.05) is 52.4 Å². The highest BCUT2D eigenvalue weighted by molar-refractivity contribution is 7.99. The Morgan fingerprint density at radius 3 is 2.67 bits per heavy atom.